The summed E-state index contributed by atoms with van der Waals surface area (Å²) in [4.78, 5) is 34.3. The molecule has 6 nitrogen and oxygen atoms in total. The lowest BCUT2D eigenvalue weighted by molar-refractivity contribution is -0.118. The van der Waals surface area contributed by atoms with Gasteiger partial charge >= 0.3 is 0 Å². The maximum atomic E-state index is 12.7. The fourth-order valence-electron chi connectivity index (χ4n) is 2.89. The molecule has 0 N–H and O–H groups in total. The summed E-state index contributed by atoms with van der Waals surface area (Å²) in [6.07, 6.45) is 3.46. The number of thiazole rings is 1. The summed E-state index contributed by atoms with van der Waals surface area (Å²) in [6.45, 7) is -0.0427. The average molecular weight is 392 g/mol. The van der Waals surface area contributed by atoms with Gasteiger partial charge < -0.3 is 0 Å². The molecule has 0 radical (unpaired) electrons. The summed E-state index contributed by atoms with van der Waals surface area (Å²) >= 11 is 2.80. The van der Waals surface area contributed by atoms with Crippen LogP contribution in [0, 0.1) is 11.3 Å². The third kappa shape index (κ3) is 3.30. The van der Waals surface area contributed by atoms with E-state index < -0.39 is 0 Å². The van der Waals surface area contributed by atoms with Crippen LogP contribution in [0.1, 0.15) is 10.4 Å². The summed E-state index contributed by atoms with van der Waals surface area (Å²) in [5.41, 5.74) is 2.29. The molecule has 4 heterocycles. The highest BCUT2D eigenvalue weighted by Crippen LogP contribution is 2.34. The largest absolute Gasteiger partial charge is 0.299 e. The number of fused-ring (bicyclic) bond motifs is 1. The van der Waals surface area contributed by atoms with Crippen LogP contribution >= 0.6 is 22.7 Å². The maximum Gasteiger partial charge on any atom is 0.251 e. The van der Waals surface area contributed by atoms with E-state index >= 15 is 0 Å². The van der Waals surface area contributed by atoms with Crippen LogP contribution in [-0.4, -0.2) is 20.3 Å². The Morgan fingerprint density at radius 2 is 2.07 bits per heavy atom. The van der Waals surface area contributed by atoms with Gasteiger partial charge in [-0.2, -0.15) is 5.26 Å². The molecule has 4 aromatic rings. The number of nitrogens with zero attached hydrogens (tertiary/aromatic N) is 4. The Kier molecular flexibility index (Phi) is 4.62. The highest BCUT2D eigenvalue weighted by molar-refractivity contribution is 7.14. The number of hydrogen-bond donors (Lipinski definition) is 0. The SMILES string of the molecule is N#Cc1csc(CC(=O)Cn2c(=O)ccc3ncccc32)c1-c1nccs1. The summed E-state index contributed by atoms with van der Waals surface area (Å²) in [6, 6.07) is 8.75. The fourth-order valence-corrected chi connectivity index (χ4v) is 4.68. The smallest absolute Gasteiger partial charge is 0.251 e. The molecule has 8 heteroatoms. The van der Waals surface area contributed by atoms with Crippen LogP contribution in [0.25, 0.3) is 21.6 Å². The van der Waals surface area contributed by atoms with Gasteiger partial charge in [0.15, 0.2) is 5.78 Å². The van der Waals surface area contributed by atoms with E-state index in [0.717, 1.165) is 15.4 Å². The van der Waals surface area contributed by atoms with Crippen LogP contribution < -0.4 is 5.56 Å². The zero-order valence-electron chi connectivity index (χ0n) is 14.0. The number of hydrogen-bond acceptors (Lipinski definition) is 7. The normalized spacial score (nSPS) is 10.8. The summed E-state index contributed by atoms with van der Waals surface area (Å²) in [7, 11) is 0. The molecule has 0 aliphatic heterocycles. The monoisotopic (exact) mass is 392 g/mol. The van der Waals surface area contributed by atoms with Crippen molar-refractivity contribution in [2.24, 2.45) is 0 Å². The second kappa shape index (κ2) is 7.23. The van der Waals surface area contributed by atoms with Gasteiger partial charge in [0.05, 0.1) is 23.1 Å². The minimum Gasteiger partial charge on any atom is -0.299 e. The first-order valence-corrected chi connectivity index (χ1v) is 9.80. The first kappa shape index (κ1) is 17.3. The second-order valence-corrected chi connectivity index (χ2v) is 7.64. The molecule has 0 saturated heterocycles. The molecule has 27 heavy (non-hydrogen) atoms. The van der Waals surface area contributed by atoms with Crippen molar-refractivity contribution < 1.29 is 4.79 Å². The third-order valence-corrected chi connectivity index (χ3v) is 5.86. The number of Topliss-reactive ketones (excluding diaryl/α,β-unsaturated/α-hetero) is 1. The molecule has 4 aromatic heterocycles. The van der Waals surface area contributed by atoms with Crippen LogP contribution in [0.4, 0.5) is 0 Å². The molecule has 4 rings (SSSR count). The number of carbonyl (C=O) groups is 1. The second-order valence-electron chi connectivity index (χ2n) is 5.78. The number of aromatic nitrogens is 3. The van der Waals surface area contributed by atoms with E-state index in [2.05, 4.69) is 16.0 Å². The average Bonchev–Trinajstić information content (AvgIpc) is 3.33. The number of rotatable bonds is 5. The van der Waals surface area contributed by atoms with Crippen LogP contribution in [0.2, 0.25) is 0 Å². The van der Waals surface area contributed by atoms with Crippen LogP contribution in [0.3, 0.4) is 0 Å². The van der Waals surface area contributed by atoms with Crippen molar-refractivity contribution in [3.63, 3.8) is 0 Å². The molecule has 0 spiro atoms. The summed E-state index contributed by atoms with van der Waals surface area (Å²) < 4.78 is 1.44. The Labute approximate surface area is 162 Å². The number of carbonyl (C=O) groups excluding carboxylic acids is 1. The van der Waals surface area contributed by atoms with E-state index in [1.54, 1.807) is 36.0 Å². The van der Waals surface area contributed by atoms with Gasteiger partial charge in [-0.15, -0.1) is 22.7 Å². The zero-order valence-corrected chi connectivity index (χ0v) is 15.6. The van der Waals surface area contributed by atoms with E-state index in [4.69, 9.17) is 0 Å². The van der Waals surface area contributed by atoms with Crippen molar-refractivity contribution in [2.75, 3.05) is 0 Å². The van der Waals surface area contributed by atoms with Crippen molar-refractivity contribution in [3.8, 4) is 16.6 Å². The predicted octanol–water partition coefficient (Wildman–Crippen LogP) is 3.26. The van der Waals surface area contributed by atoms with Gasteiger partial charge in [0.1, 0.15) is 11.1 Å². The zero-order chi connectivity index (χ0) is 18.8. The Balaban J connectivity index is 1.66. The highest BCUT2D eigenvalue weighted by Gasteiger charge is 2.19. The Morgan fingerprint density at radius 3 is 2.85 bits per heavy atom. The van der Waals surface area contributed by atoms with E-state index in [0.29, 0.717) is 16.6 Å². The topological polar surface area (TPSA) is 88.6 Å². The quantitative estimate of drug-likeness (QED) is 0.520. The van der Waals surface area contributed by atoms with Crippen LogP contribution in [0.15, 0.2) is 52.2 Å². The lowest BCUT2D eigenvalue weighted by atomic mass is 10.1. The first-order valence-electron chi connectivity index (χ1n) is 8.04. The van der Waals surface area contributed by atoms with Crippen molar-refractivity contribution in [1.29, 1.82) is 5.26 Å². The minimum absolute atomic E-state index is 0.0427. The third-order valence-electron chi connectivity index (χ3n) is 4.08. The molecule has 0 fully saturated rings. The number of nitriles is 1. The molecule has 0 bridgehead atoms. The number of pyridine rings is 2. The lowest BCUT2D eigenvalue weighted by Crippen LogP contribution is -2.24. The van der Waals surface area contributed by atoms with E-state index in [9.17, 15) is 14.9 Å². The molecule has 132 valence electrons. The number of ketones is 1. The van der Waals surface area contributed by atoms with Gasteiger partial charge in [-0.1, -0.05) is 0 Å². The van der Waals surface area contributed by atoms with Crippen LogP contribution in [-0.2, 0) is 17.8 Å². The maximum absolute atomic E-state index is 12.7. The molecule has 0 saturated carbocycles. The predicted molar refractivity (Wildman–Crippen MR) is 105 cm³/mol. The van der Waals surface area contributed by atoms with Crippen LogP contribution in [0.5, 0.6) is 0 Å². The molecule has 0 aliphatic rings. The van der Waals surface area contributed by atoms with Crippen molar-refractivity contribution in [2.45, 2.75) is 13.0 Å². The van der Waals surface area contributed by atoms with E-state index in [-0.39, 0.29) is 24.3 Å². The van der Waals surface area contributed by atoms with E-state index in [1.807, 2.05) is 5.38 Å². The number of thiophene rings is 1. The summed E-state index contributed by atoms with van der Waals surface area (Å²) in [5, 5.41) is 13.7. The Morgan fingerprint density at radius 1 is 1.19 bits per heavy atom. The van der Waals surface area contributed by atoms with E-state index in [1.165, 1.54) is 33.3 Å². The lowest BCUT2D eigenvalue weighted by Gasteiger charge is -2.09. The minimum atomic E-state index is -0.243. The highest BCUT2D eigenvalue weighted by atomic mass is 32.1. The van der Waals surface area contributed by atoms with Gasteiger partial charge in [-0.3, -0.25) is 19.1 Å². The first-order chi connectivity index (χ1) is 13.2. The van der Waals surface area contributed by atoms with Gasteiger partial charge in [-0.25, -0.2) is 4.98 Å². The molecule has 0 atom stereocenters. The van der Waals surface area contributed by atoms with Gasteiger partial charge in [0.25, 0.3) is 5.56 Å². The molecule has 0 amide bonds. The Bertz CT molecular complexity index is 1230. The van der Waals surface area contributed by atoms with Crippen molar-refractivity contribution in [1.82, 2.24) is 14.5 Å². The van der Waals surface area contributed by atoms with Gasteiger partial charge in [-0.05, 0) is 18.2 Å². The molecule has 0 unspecified atom stereocenters. The standard InChI is InChI=1S/C19H12N4O2S2/c20-9-12-11-27-16(18(12)19-22-6-7-26-19)8-13(24)10-23-15-2-1-5-21-14(15)3-4-17(23)25/h1-7,11H,8,10H2. The fraction of sp³-hybridized carbons (Fsp3) is 0.105. The molecular weight excluding hydrogens is 380 g/mol. The van der Waals surface area contributed by atoms with Crippen molar-refractivity contribution >= 4 is 39.5 Å². The van der Waals surface area contributed by atoms with Crippen molar-refractivity contribution in [3.05, 3.63) is 68.2 Å². The summed E-state index contributed by atoms with van der Waals surface area (Å²) in [5.74, 6) is -0.113. The molecule has 0 aliphatic carbocycles. The van der Waals surface area contributed by atoms with Gasteiger partial charge in [0, 0.05) is 46.1 Å². The molecular formula is C19H12N4O2S2. The Hall–Kier alpha value is -3.15. The molecule has 0 aromatic carbocycles. The van der Waals surface area contributed by atoms with Gasteiger partial charge in [0.2, 0.25) is 0 Å².